The number of H-pyrrole nitrogens is 1. The number of para-hydroxylation sites is 2. The molecule has 0 atom stereocenters. The molecule has 0 aliphatic heterocycles. The summed E-state index contributed by atoms with van der Waals surface area (Å²) in [4.78, 5) is 28.0. The van der Waals surface area contributed by atoms with Crippen LogP contribution in [0.3, 0.4) is 0 Å². The maximum Gasteiger partial charge on any atom is 0.273 e. The molecule has 0 aliphatic rings. The number of hydrogen-bond acceptors (Lipinski definition) is 6. The average molecular weight is 408 g/mol. The number of rotatable bonds is 9. The zero-order chi connectivity index (χ0) is 20.8. The molecule has 0 unspecified atom stereocenters. The van der Waals surface area contributed by atoms with Crippen molar-refractivity contribution in [3.8, 4) is 0 Å². The lowest BCUT2D eigenvalue weighted by Gasteiger charge is -2.03. The van der Waals surface area contributed by atoms with E-state index >= 15 is 0 Å². The predicted molar refractivity (Wildman–Crippen MR) is 108 cm³/mol. The molecule has 0 saturated carbocycles. The van der Waals surface area contributed by atoms with Crippen molar-refractivity contribution in [1.29, 1.82) is 0 Å². The van der Waals surface area contributed by atoms with Crippen molar-refractivity contribution in [2.75, 3.05) is 13.1 Å². The number of imidazole rings is 1. The van der Waals surface area contributed by atoms with Crippen LogP contribution >= 0.6 is 0 Å². The van der Waals surface area contributed by atoms with Crippen LogP contribution in [-0.2, 0) is 19.4 Å². The van der Waals surface area contributed by atoms with Crippen molar-refractivity contribution in [2.45, 2.75) is 19.4 Å². The molecule has 8 nitrogen and oxygen atoms in total. The van der Waals surface area contributed by atoms with Crippen LogP contribution in [0.2, 0.25) is 0 Å². The summed E-state index contributed by atoms with van der Waals surface area (Å²) in [7, 11) is 0. The Morgan fingerprint density at radius 1 is 1.10 bits per heavy atom. The smallest absolute Gasteiger partial charge is 0.273 e. The number of hydrogen-bond donors (Lipinski definition) is 3. The molecule has 0 aliphatic carbocycles. The Hall–Kier alpha value is -3.59. The van der Waals surface area contributed by atoms with Crippen LogP contribution in [-0.4, -0.2) is 38.9 Å². The zero-order valence-corrected chi connectivity index (χ0v) is 16.2. The summed E-state index contributed by atoms with van der Waals surface area (Å²) in [5, 5.41) is 5.89. The molecular weight excluding hydrogens is 387 g/mol. The lowest BCUT2D eigenvalue weighted by molar-refractivity contribution is 0.0945. The highest BCUT2D eigenvalue weighted by Crippen LogP contribution is 2.10. The van der Waals surface area contributed by atoms with Gasteiger partial charge in [0.1, 0.15) is 17.9 Å². The van der Waals surface area contributed by atoms with Gasteiger partial charge in [0.2, 0.25) is 0 Å². The molecule has 154 valence electrons. The number of carbonyl (C=O) groups is 1. The van der Waals surface area contributed by atoms with Crippen molar-refractivity contribution >= 4 is 16.9 Å². The van der Waals surface area contributed by atoms with E-state index in [0.29, 0.717) is 18.9 Å². The van der Waals surface area contributed by atoms with Gasteiger partial charge < -0.3 is 20.0 Å². The highest BCUT2D eigenvalue weighted by Gasteiger charge is 2.13. The van der Waals surface area contributed by atoms with Crippen LogP contribution in [0.5, 0.6) is 0 Å². The second kappa shape index (κ2) is 9.27. The van der Waals surface area contributed by atoms with Gasteiger partial charge in [0.15, 0.2) is 11.6 Å². The molecule has 0 bridgehead atoms. The minimum Gasteiger partial charge on any atom is -0.448 e. The summed E-state index contributed by atoms with van der Waals surface area (Å²) in [6, 6.07) is 10.7. The lowest BCUT2D eigenvalue weighted by Crippen LogP contribution is -2.24. The van der Waals surface area contributed by atoms with E-state index in [1.54, 1.807) is 0 Å². The lowest BCUT2D eigenvalue weighted by atomic mass is 10.3. The third kappa shape index (κ3) is 4.87. The number of carbonyl (C=O) groups excluding carboxylic acids is 1. The number of halogens is 1. The van der Waals surface area contributed by atoms with Crippen molar-refractivity contribution < 1.29 is 13.6 Å². The zero-order valence-electron chi connectivity index (χ0n) is 16.2. The molecule has 30 heavy (non-hydrogen) atoms. The summed E-state index contributed by atoms with van der Waals surface area (Å²) in [5.41, 5.74) is 2.32. The van der Waals surface area contributed by atoms with E-state index in [0.717, 1.165) is 29.8 Å². The van der Waals surface area contributed by atoms with Crippen LogP contribution in [0.1, 0.15) is 27.9 Å². The van der Waals surface area contributed by atoms with E-state index in [-0.39, 0.29) is 17.9 Å². The number of pyridine rings is 1. The van der Waals surface area contributed by atoms with E-state index in [2.05, 4.69) is 30.6 Å². The molecule has 3 aromatic heterocycles. The van der Waals surface area contributed by atoms with Crippen molar-refractivity contribution in [2.24, 2.45) is 0 Å². The van der Waals surface area contributed by atoms with Gasteiger partial charge >= 0.3 is 0 Å². The maximum absolute atomic E-state index is 13.6. The number of nitrogens with zero attached hydrogens (tertiary/aromatic N) is 3. The number of benzene rings is 1. The minimum atomic E-state index is -0.465. The summed E-state index contributed by atoms with van der Waals surface area (Å²) in [6.07, 6.45) is 4.09. The summed E-state index contributed by atoms with van der Waals surface area (Å²) in [5.74, 6) is 0.490. The van der Waals surface area contributed by atoms with E-state index in [1.165, 1.54) is 24.6 Å². The quantitative estimate of drug-likeness (QED) is 0.367. The van der Waals surface area contributed by atoms with E-state index in [9.17, 15) is 9.18 Å². The average Bonchev–Trinajstić information content (AvgIpc) is 3.39. The monoisotopic (exact) mass is 408 g/mol. The van der Waals surface area contributed by atoms with Crippen molar-refractivity contribution in [1.82, 2.24) is 30.6 Å². The maximum atomic E-state index is 13.6. The normalized spacial score (nSPS) is 11.1. The Morgan fingerprint density at radius 3 is 2.83 bits per heavy atom. The first-order valence-electron chi connectivity index (χ1n) is 9.65. The largest absolute Gasteiger partial charge is 0.448 e. The third-order valence-corrected chi connectivity index (χ3v) is 4.53. The molecule has 4 rings (SSSR count). The Morgan fingerprint density at radius 2 is 1.97 bits per heavy atom. The van der Waals surface area contributed by atoms with Crippen molar-refractivity contribution in [3.05, 3.63) is 77.8 Å². The SMILES string of the molecule is O=C(NCc1ncccc1F)c1coc(CCNCCc2nc3ccccc3[nH]2)n1. The molecular formula is C21H21FN6O2. The molecule has 1 amide bonds. The Labute approximate surface area is 172 Å². The topological polar surface area (TPSA) is 109 Å². The molecule has 1 aromatic carbocycles. The van der Waals surface area contributed by atoms with Crippen LogP contribution in [0.4, 0.5) is 4.39 Å². The first-order chi connectivity index (χ1) is 14.7. The first kappa shape index (κ1) is 19.7. The van der Waals surface area contributed by atoms with Gasteiger partial charge in [0, 0.05) is 32.1 Å². The molecule has 3 N–H and O–H groups in total. The van der Waals surface area contributed by atoms with E-state index in [4.69, 9.17) is 4.42 Å². The highest BCUT2D eigenvalue weighted by molar-refractivity contribution is 5.91. The predicted octanol–water partition coefficient (Wildman–Crippen LogP) is 2.39. The highest BCUT2D eigenvalue weighted by atomic mass is 19.1. The molecule has 0 spiro atoms. The second-order valence-corrected chi connectivity index (χ2v) is 6.69. The van der Waals surface area contributed by atoms with Gasteiger partial charge in [-0.05, 0) is 24.3 Å². The number of aromatic amines is 1. The number of aromatic nitrogens is 4. The second-order valence-electron chi connectivity index (χ2n) is 6.69. The van der Waals surface area contributed by atoms with Gasteiger partial charge in [-0.1, -0.05) is 12.1 Å². The summed E-state index contributed by atoms with van der Waals surface area (Å²) < 4.78 is 18.9. The van der Waals surface area contributed by atoms with Crippen molar-refractivity contribution in [3.63, 3.8) is 0 Å². The van der Waals surface area contributed by atoms with Gasteiger partial charge in [-0.3, -0.25) is 9.78 Å². The number of oxazole rings is 1. The van der Waals surface area contributed by atoms with Gasteiger partial charge in [-0.25, -0.2) is 14.4 Å². The number of amides is 1. The minimum absolute atomic E-state index is 0.0168. The molecule has 0 radical (unpaired) electrons. The standard InChI is InChI=1S/C21H21FN6O2/c22-14-4-3-9-24-17(14)12-25-21(29)18-13-30-20(28-18)8-11-23-10-7-19-26-15-5-1-2-6-16(15)27-19/h1-6,9,13,23H,7-8,10-12H2,(H,25,29)(H,26,27). The third-order valence-electron chi connectivity index (χ3n) is 4.53. The van der Waals surface area contributed by atoms with Crippen LogP contribution < -0.4 is 10.6 Å². The number of fused-ring (bicyclic) bond motifs is 1. The van der Waals surface area contributed by atoms with Crippen LogP contribution in [0, 0.1) is 5.82 Å². The first-order valence-corrected chi connectivity index (χ1v) is 9.65. The summed E-state index contributed by atoms with van der Waals surface area (Å²) >= 11 is 0. The molecule has 3 heterocycles. The Bertz CT molecular complexity index is 1110. The fraction of sp³-hybridized carbons (Fsp3) is 0.238. The van der Waals surface area contributed by atoms with Crippen LogP contribution in [0.15, 0.2) is 53.3 Å². The molecule has 9 heteroatoms. The molecule has 0 saturated heterocycles. The Kier molecular flexibility index (Phi) is 6.09. The Balaban J connectivity index is 1.19. The number of nitrogens with one attached hydrogen (secondary N) is 3. The fourth-order valence-electron chi connectivity index (χ4n) is 2.98. The van der Waals surface area contributed by atoms with E-state index in [1.807, 2.05) is 24.3 Å². The van der Waals surface area contributed by atoms with Gasteiger partial charge in [0.25, 0.3) is 5.91 Å². The fourth-order valence-corrected chi connectivity index (χ4v) is 2.98. The van der Waals surface area contributed by atoms with Gasteiger partial charge in [0.05, 0.1) is 23.3 Å². The molecule has 0 fully saturated rings. The van der Waals surface area contributed by atoms with Gasteiger partial charge in [-0.2, -0.15) is 0 Å². The summed E-state index contributed by atoms with van der Waals surface area (Å²) in [6.45, 7) is 1.39. The van der Waals surface area contributed by atoms with E-state index < -0.39 is 11.7 Å². The molecule has 4 aromatic rings. The van der Waals surface area contributed by atoms with Gasteiger partial charge in [-0.15, -0.1) is 0 Å². The van der Waals surface area contributed by atoms with Crippen LogP contribution in [0.25, 0.3) is 11.0 Å².